The number of benzene rings is 1. The Morgan fingerprint density at radius 3 is 2.29 bits per heavy atom. The van der Waals surface area contributed by atoms with E-state index in [-0.39, 0.29) is 6.42 Å². The zero-order valence-electron chi connectivity index (χ0n) is 12.7. The Labute approximate surface area is 124 Å². The predicted molar refractivity (Wildman–Crippen MR) is 81.4 cm³/mol. The highest BCUT2D eigenvalue weighted by Gasteiger charge is 2.11. The lowest BCUT2D eigenvalue weighted by Crippen LogP contribution is -2.08. The molecular weight excluding hydrogens is 264 g/mol. The van der Waals surface area contributed by atoms with Gasteiger partial charge in [-0.1, -0.05) is 24.3 Å². The van der Waals surface area contributed by atoms with Crippen molar-refractivity contribution in [2.75, 3.05) is 0 Å². The molecule has 0 aliphatic heterocycles. The van der Waals surface area contributed by atoms with Gasteiger partial charge in [0.15, 0.2) is 0 Å². The van der Waals surface area contributed by atoms with Gasteiger partial charge in [-0.05, 0) is 43.9 Å². The molecule has 0 fully saturated rings. The lowest BCUT2D eigenvalue weighted by molar-refractivity contribution is -0.136. The number of carbonyl (C=O) groups is 1. The van der Waals surface area contributed by atoms with Gasteiger partial charge in [-0.3, -0.25) is 4.79 Å². The molecule has 0 aliphatic carbocycles. The molecule has 0 saturated heterocycles. The summed E-state index contributed by atoms with van der Waals surface area (Å²) in [6.45, 7) is 5.93. The van der Waals surface area contributed by atoms with Crippen molar-refractivity contribution in [3.05, 3.63) is 58.2 Å². The highest BCUT2D eigenvalue weighted by atomic mass is 16.4. The van der Waals surface area contributed by atoms with Crippen molar-refractivity contribution >= 4 is 5.97 Å². The first-order valence-corrected chi connectivity index (χ1v) is 7.06. The fourth-order valence-electron chi connectivity index (χ4n) is 2.46. The number of rotatable bonds is 5. The van der Waals surface area contributed by atoms with Gasteiger partial charge in [-0.2, -0.15) is 0 Å². The number of aromatic nitrogens is 2. The molecule has 2 aromatic rings. The molecule has 0 aliphatic rings. The van der Waals surface area contributed by atoms with Crippen LogP contribution in [0, 0.1) is 20.8 Å². The summed E-state index contributed by atoms with van der Waals surface area (Å²) >= 11 is 0. The standard InChI is InChI=1S/C17H20N2O2/c1-11-6-4-5-7-14(11)10-16-18-12(2)15(13(3)19-16)8-9-17(20)21/h4-7H,8-10H2,1-3H3,(H,20,21). The highest BCUT2D eigenvalue weighted by Crippen LogP contribution is 2.16. The Hall–Kier alpha value is -2.23. The molecule has 0 saturated carbocycles. The van der Waals surface area contributed by atoms with Gasteiger partial charge in [0.1, 0.15) is 5.82 Å². The third-order valence-electron chi connectivity index (χ3n) is 3.67. The van der Waals surface area contributed by atoms with E-state index >= 15 is 0 Å². The van der Waals surface area contributed by atoms with E-state index in [0.717, 1.165) is 22.8 Å². The Bertz CT molecular complexity index is 643. The molecule has 4 heteroatoms. The fourth-order valence-corrected chi connectivity index (χ4v) is 2.46. The normalized spacial score (nSPS) is 10.6. The Balaban J connectivity index is 2.23. The minimum Gasteiger partial charge on any atom is -0.481 e. The molecule has 0 amide bonds. The number of aryl methyl sites for hydroxylation is 3. The average Bonchev–Trinajstić information content (AvgIpc) is 2.40. The second kappa shape index (κ2) is 6.48. The molecule has 0 bridgehead atoms. The molecule has 110 valence electrons. The maximum atomic E-state index is 10.7. The maximum Gasteiger partial charge on any atom is 0.303 e. The molecule has 1 N–H and O–H groups in total. The largest absolute Gasteiger partial charge is 0.481 e. The van der Waals surface area contributed by atoms with Crippen molar-refractivity contribution in [1.82, 2.24) is 9.97 Å². The molecule has 2 rings (SSSR count). The van der Waals surface area contributed by atoms with Gasteiger partial charge in [0.25, 0.3) is 0 Å². The van der Waals surface area contributed by atoms with Gasteiger partial charge in [0.2, 0.25) is 0 Å². The van der Waals surface area contributed by atoms with E-state index in [9.17, 15) is 4.79 Å². The molecule has 4 nitrogen and oxygen atoms in total. The number of carboxylic acid groups (broad SMARTS) is 1. The fraction of sp³-hybridized carbons (Fsp3) is 0.353. The van der Waals surface area contributed by atoms with Crippen molar-refractivity contribution in [3.8, 4) is 0 Å². The van der Waals surface area contributed by atoms with Gasteiger partial charge < -0.3 is 5.11 Å². The van der Waals surface area contributed by atoms with Crippen LogP contribution in [0.25, 0.3) is 0 Å². The van der Waals surface area contributed by atoms with Crippen LogP contribution in [0.2, 0.25) is 0 Å². The summed E-state index contributed by atoms with van der Waals surface area (Å²) in [7, 11) is 0. The van der Waals surface area contributed by atoms with Crippen LogP contribution < -0.4 is 0 Å². The molecule has 0 radical (unpaired) electrons. The van der Waals surface area contributed by atoms with Crippen molar-refractivity contribution in [3.63, 3.8) is 0 Å². The van der Waals surface area contributed by atoms with Crippen LogP contribution in [0.15, 0.2) is 24.3 Å². The Morgan fingerprint density at radius 1 is 1.10 bits per heavy atom. The van der Waals surface area contributed by atoms with Gasteiger partial charge in [0.05, 0.1) is 0 Å². The van der Waals surface area contributed by atoms with Gasteiger partial charge >= 0.3 is 5.97 Å². The van der Waals surface area contributed by atoms with Crippen molar-refractivity contribution in [2.45, 2.75) is 40.0 Å². The van der Waals surface area contributed by atoms with Crippen LogP contribution in [0.1, 0.15) is 40.3 Å². The van der Waals surface area contributed by atoms with Crippen LogP contribution in [-0.2, 0) is 17.6 Å². The minimum atomic E-state index is -0.794. The number of carboxylic acids is 1. The van der Waals surface area contributed by atoms with Crippen molar-refractivity contribution in [2.24, 2.45) is 0 Å². The van der Waals surface area contributed by atoms with Gasteiger partial charge in [0, 0.05) is 24.2 Å². The predicted octanol–water partition coefficient (Wildman–Crippen LogP) is 3.01. The van der Waals surface area contributed by atoms with E-state index in [1.54, 1.807) is 0 Å². The number of hydrogen-bond donors (Lipinski definition) is 1. The van der Waals surface area contributed by atoms with Crippen LogP contribution in [0.4, 0.5) is 0 Å². The first-order valence-electron chi connectivity index (χ1n) is 7.06. The number of hydrogen-bond acceptors (Lipinski definition) is 3. The van der Waals surface area contributed by atoms with Crippen molar-refractivity contribution < 1.29 is 9.90 Å². The zero-order valence-corrected chi connectivity index (χ0v) is 12.7. The monoisotopic (exact) mass is 284 g/mol. The summed E-state index contributed by atoms with van der Waals surface area (Å²) < 4.78 is 0. The second-order valence-corrected chi connectivity index (χ2v) is 5.29. The number of nitrogens with zero attached hydrogens (tertiary/aromatic N) is 2. The second-order valence-electron chi connectivity index (χ2n) is 5.29. The van der Waals surface area contributed by atoms with Crippen molar-refractivity contribution in [1.29, 1.82) is 0 Å². The smallest absolute Gasteiger partial charge is 0.303 e. The summed E-state index contributed by atoms with van der Waals surface area (Å²) in [5.41, 5.74) is 5.16. The van der Waals surface area contributed by atoms with Gasteiger partial charge in [-0.15, -0.1) is 0 Å². The molecule has 1 aromatic heterocycles. The quantitative estimate of drug-likeness (QED) is 0.916. The lowest BCUT2D eigenvalue weighted by Gasteiger charge is -2.11. The van der Waals surface area contributed by atoms with Crippen LogP contribution >= 0.6 is 0 Å². The molecule has 1 heterocycles. The van der Waals surface area contributed by atoms with E-state index in [1.807, 2.05) is 26.0 Å². The summed E-state index contributed by atoms with van der Waals surface area (Å²) in [5.74, 6) is -0.00355. The SMILES string of the molecule is Cc1ccccc1Cc1nc(C)c(CCC(=O)O)c(C)n1. The van der Waals surface area contributed by atoms with E-state index in [0.29, 0.717) is 12.8 Å². The zero-order chi connectivity index (χ0) is 15.4. The summed E-state index contributed by atoms with van der Waals surface area (Å²) in [6.07, 6.45) is 1.30. The third-order valence-corrected chi connectivity index (χ3v) is 3.67. The topological polar surface area (TPSA) is 63.1 Å². The van der Waals surface area contributed by atoms with Crippen LogP contribution in [0.3, 0.4) is 0 Å². The lowest BCUT2D eigenvalue weighted by atomic mass is 10.0. The molecule has 1 aromatic carbocycles. The van der Waals surface area contributed by atoms with E-state index in [4.69, 9.17) is 5.11 Å². The Morgan fingerprint density at radius 2 is 1.71 bits per heavy atom. The van der Waals surface area contributed by atoms with E-state index in [1.165, 1.54) is 11.1 Å². The van der Waals surface area contributed by atoms with Gasteiger partial charge in [-0.25, -0.2) is 9.97 Å². The molecule has 0 unspecified atom stereocenters. The molecular formula is C17H20N2O2. The summed E-state index contributed by atoms with van der Waals surface area (Å²) in [5, 5.41) is 8.80. The number of aliphatic carboxylic acids is 1. The first kappa shape index (κ1) is 15.2. The Kier molecular flexibility index (Phi) is 4.68. The summed E-state index contributed by atoms with van der Waals surface area (Å²) in [4.78, 5) is 19.8. The van der Waals surface area contributed by atoms with E-state index in [2.05, 4.69) is 29.0 Å². The average molecular weight is 284 g/mol. The molecule has 0 spiro atoms. The maximum absolute atomic E-state index is 10.7. The van der Waals surface area contributed by atoms with E-state index < -0.39 is 5.97 Å². The van der Waals surface area contributed by atoms with Crippen LogP contribution in [0.5, 0.6) is 0 Å². The third kappa shape index (κ3) is 3.88. The highest BCUT2D eigenvalue weighted by molar-refractivity contribution is 5.67. The molecule has 21 heavy (non-hydrogen) atoms. The first-order chi connectivity index (χ1) is 9.97. The van der Waals surface area contributed by atoms with Crippen LogP contribution in [-0.4, -0.2) is 21.0 Å². The molecule has 0 atom stereocenters. The minimum absolute atomic E-state index is 0.113. The summed E-state index contributed by atoms with van der Waals surface area (Å²) in [6, 6.07) is 8.20.